The zero-order chi connectivity index (χ0) is 28.3. The number of unbranched alkanes of at least 4 members (excludes halogenated alkanes) is 1. The highest BCUT2D eigenvalue weighted by molar-refractivity contribution is 7.15. The van der Waals surface area contributed by atoms with E-state index in [-0.39, 0.29) is 11.2 Å². The Bertz CT molecular complexity index is 1960. The lowest BCUT2D eigenvalue weighted by molar-refractivity contribution is -0.384. The van der Waals surface area contributed by atoms with Gasteiger partial charge in [-0.25, -0.2) is 4.68 Å². The van der Waals surface area contributed by atoms with E-state index in [9.17, 15) is 14.9 Å². The number of nitrogens with zero attached hydrogens (tertiary/aromatic N) is 6. The second kappa shape index (κ2) is 11.1. The number of nitro benzene ring substituents is 1. The van der Waals surface area contributed by atoms with Crippen LogP contribution in [0.15, 0.2) is 89.9 Å². The first-order valence-electron chi connectivity index (χ1n) is 13.0. The zero-order valence-corrected chi connectivity index (χ0v) is 22.8. The Morgan fingerprint density at radius 2 is 1.80 bits per heavy atom. The van der Waals surface area contributed by atoms with Gasteiger partial charge >= 0.3 is 0 Å². The standard InChI is InChI=1S/C30H24N6O4S/c1-2-3-16-40-25-14-12-20(13-15-25)28-31-30-35(33-28)29(37)26(41-30)18-22-19-34(23-9-5-4-6-10-23)32-27(22)21-8-7-11-24(17-21)36(38)39/h4-15,17-19H,2-3,16H2,1H3. The average molecular weight is 565 g/mol. The van der Waals surface area contributed by atoms with Crippen molar-refractivity contribution in [1.29, 1.82) is 0 Å². The fourth-order valence-electron chi connectivity index (χ4n) is 4.33. The molecule has 0 aliphatic rings. The van der Waals surface area contributed by atoms with Crippen molar-refractivity contribution in [3.8, 4) is 34.1 Å². The molecule has 3 aromatic carbocycles. The number of hydrogen-bond acceptors (Lipinski definition) is 8. The zero-order valence-electron chi connectivity index (χ0n) is 22.0. The molecule has 3 aromatic heterocycles. The van der Waals surface area contributed by atoms with Gasteiger partial charge in [0.15, 0.2) is 5.82 Å². The molecule has 0 saturated heterocycles. The molecule has 0 N–H and O–H groups in total. The summed E-state index contributed by atoms with van der Waals surface area (Å²) in [5, 5.41) is 20.6. The first-order chi connectivity index (χ1) is 20.0. The summed E-state index contributed by atoms with van der Waals surface area (Å²) in [5.74, 6) is 1.23. The molecular formula is C30H24N6O4S. The Morgan fingerprint density at radius 1 is 1.00 bits per heavy atom. The van der Waals surface area contributed by atoms with Crippen LogP contribution < -0.4 is 14.8 Å². The van der Waals surface area contributed by atoms with Crippen LogP contribution in [-0.4, -0.2) is 35.9 Å². The summed E-state index contributed by atoms with van der Waals surface area (Å²) in [6.45, 7) is 2.78. The van der Waals surface area contributed by atoms with Gasteiger partial charge in [-0.05, 0) is 48.9 Å². The fraction of sp³-hybridized carbons (Fsp3) is 0.133. The number of benzene rings is 3. The molecule has 0 radical (unpaired) electrons. The van der Waals surface area contributed by atoms with E-state index in [0.29, 0.717) is 38.7 Å². The molecule has 0 amide bonds. The topological polar surface area (TPSA) is 117 Å². The summed E-state index contributed by atoms with van der Waals surface area (Å²) in [4.78, 5) is 29.4. The highest BCUT2D eigenvalue weighted by Gasteiger charge is 2.17. The molecule has 0 aliphatic heterocycles. The van der Waals surface area contributed by atoms with Crippen molar-refractivity contribution in [2.75, 3.05) is 6.61 Å². The predicted molar refractivity (Wildman–Crippen MR) is 157 cm³/mol. The molecule has 0 fully saturated rings. The van der Waals surface area contributed by atoms with Crippen molar-refractivity contribution in [3.05, 3.63) is 116 Å². The molecule has 0 atom stereocenters. The molecule has 0 spiro atoms. The minimum absolute atomic E-state index is 0.0425. The van der Waals surface area contributed by atoms with Crippen molar-refractivity contribution in [2.45, 2.75) is 19.8 Å². The van der Waals surface area contributed by atoms with Gasteiger partial charge in [0.2, 0.25) is 4.96 Å². The molecule has 0 unspecified atom stereocenters. The first kappa shape index (κ1) is 26.1. The van der Waals surface area contributed by atoms with Gasteiger partial charge in [-0.2, -0.15) is 14.6 Å². The summed E-state index contributed by atoms with van der Waals surface area (Å²) in [6.07, 6.45) is 5.59. The van der Waals surface area contributed by atoms with Crippen molar-refractivity contribution in [2.24, 2.45) is 0 Å². The molecule has 3 heterocycles. The van der Waals surface area contributed by atoms with Crippen molar-refractivity contribution in [1.82, 2.24) is 24.4 Å². The van der Waals surface area contributed by atoms with Gasteiger partial charge in [-0.3, -0.25) is 14.9 Å². The van der Waals surface area contributed by atoms with Gasteiger partial charge in [0.1, 0.15) is 11.4 Å². The van der Waals surface area contributed by atoms with Crippen molar-refractivity contribution >= 4 is 28.1 Å². The lowest BCUT2D eigenvalue weighted by atomic mass is 10.1. The Labute approximate surface area is 237 Å². The maximum atomic E-state index is 13.3. The summed E-state index contributed by atoms with van der Waals surface area (Å²) in [7, 11) is 0. The van der Waals surface area contributed by atoms with Crippen molar-refractivity contribution in [3.63, 3.8) is 0 Å². The maximum Gasteiger partial charge on any atom is 0.291 e. The molecule has 0 bridgehead atoms. The molecule has 41 heavy (non-hydrogen) atoms. The fourth-order valence-corrected chi connectivity index (χ4v) is 5.23. The van der Waals surface area contributed by atoms with E-state index in [0.717, 1.165) is 29.8 Å². The predicted octanol–water partition coefficient (Wildman–Crippen LogP) is 5.31. The number of fused-ring (bicyclic) bond motifs is 1. The average Bonchev–Trinajstić information content (AvgIpc) is 3.69. The monoisotopic (exact) mass is 564 g/mol. The Kier molecular flexibility index (Phi) is 7.09. The van der Waals surface area contributed by atoms with Gasteiger partial charge in [-0.15, -0.1) is 5.10 Å². The normalized spacial score (nSPS) is 11.8. The number of para-hydroxylation sites is 1. The summed E-state index contributed by atoms with van der Waals surface area (Å²) < 4.78 is 9.13. The van der Waals surface area contributed by atoms with Crippen LogP contribution in [0.3, 0.4) is 0 Å². The number of aromatic nitrogens is 5. The van der Waals surface area contributed by atoms with Gasteiger partial charge < -0.3 is 4.74 Å². The van der Waals surface area contributed by atoms with Crippen LogP contribution in [0, 0.1) is 10.1 Å². The van der Waals surface area contributed by atoms with Crippen LogP contribution >= 0.6 is 11.3 Å². The molecule has 0 saturated carbocycles. The number of ether oxygens (including phenoxy) is 1. The van der Waals surface area contributed by atoms with Gasteiger partial charge in [0, 0.05) is 35.0 Å². The van der Waals surface area contributed by atoms with Crippen LogP contribution in [0.1, 0.15) is 25.3 Å². The van der Waals surface area contributed by atoms with Gasteiger partial charge in [0.05, 0.1) is 21.7 Å². The maximum absolute atomic E-state index is 13.3. The second-order valence-corrected chi connectivity index (χ2v) is 10.3. The highest BCUT2D eigenvalue weighted by Crippen LogP contribution is 2.28. The van der Waals surface area contributed by atoms with E-state index in [4.69, 9.17) is 9.84 Å². The molecule has 204 valence electrons. The summed E-state index contributed by atoms with van der Waals surface area (Å²) >= 11 is 1.22. The molecule has 10 nitrogen and oxygen atoms in total. The highest BCUT2D eigenvalue weighted by atomic mass is 32.1. The third kappa shape index (κ3) is 5.35. The second-order valence-electron chi connectivity index (χ2n) is 9.29. The van der Waals surface area contributed by atoms with Crippen LogP contribution in [0.25, 0.3) is 39.4 Å². The third-order valence-electron chi connectivity index (χ3n) is 6.44. The minimum atomic E-state index is -0.443. The molecule has 6 rings (SSSR count). The molecular weight excluding hydrogens is 540 g/mol. The number of nitro groups is 1. The number of non-ortho nitro benzene ring substituents is 1. The van der Waals surface area contributed by atoms with E-state index in [1.165, 1.54) is 28.0 Å². The van der Waals surface area contributed by atoms with E-state index in [1.54, 1.807) is 29.1 Å². The van der Waals surface area contributed by atoms with Crippen LogP contribution in [0.4, 0.5) is 5.69 Å². The Balaban J connectivity index is 1.39. The van der Waals surface area contributed by atoms with Crippen LogP contribution in [0.5, 0.6) is 5.75 Å². The number of thiazole rings is 1. The van der Waals surface area contributed by atoms with E-state index >= 15 is 0 Å². The van der Waals surface area contributed by atoms with E-state index in [2.05, 4.69) is 17.0 Å². The van der Waals surface area contributed by atoms with Crippen molar-refractivity contribution < 1.29 is 9.66 Å². The van der Waals surface area contributed by atoms with Crippen LogP contribution in [0.2, 0.25) is 0 Å². The van der Waals surface area contributed by atoms with Crippen LogP contribution in [-0.2, 0) is 0 Å². The quantitative estimate of drug-likeness (QED) is 0.133. The third-order valence-corrected chi connectivity index (χ3v) is 7.40. The smallest absolute Gasteiger partial charge is 0.291 e. The van der Waals surface area contributed by atoms with Gasteiger partial charge in [0.25, 0.3) is 11.2 Å². The van der Waals surface area contributed by atoms with E-state index in [1.807, 2.05) is 54.6 Å². The molecule has 11 heteroatoms. The Hall–Kier alpha value is -5.16. The summed E-state index contributed by atoms with van der Waals surface area (Å²) in [6, 6.07) is 23.3. The lowest BCUT2D eigenvalue weighted by Crippen LogP contribution is -2.23. The molecule has 6 aromatic rings. The summed E-state index contributed by atoms with van der Waals surface area (Å²) in [5.41, 5.74) is 2.96. The molecule has 0 aliphatic carbocycles. The SMILES string of the molecule is CCCCOc1ccc(-c2nc3sc(=Cc4cn(-c5ccccc5)nc4-c4cccc([N+](=O)[O-])c4)c(=O)n3n2)cc1. The number of hydrogen-bond donors (Lipinski definition) is 0. The largest absolute Gasteiger partial charge is 0.494 e. The Morgan fingerprint density at radius 3 is 2.54 bits per heavy atom. The lowest BCUT2D eigenvalue weighted by Gasteiger charge is -2.05. The minimum Gasteiger partial charge on any atom is -0.494 e. The number of rotatable bonds is 9. The van der Waals surface area contributed by atoms with E-state index < -0.39 is 4.92 Å². The first-order valence-corrected chi connectivity index (χ1v) is 13.9. The van der Waals surface area contributed by atoms with Gasteiger partial charge in [-0.1, -0.05) is 55.0 Å².